The molecule has 9 nitrogen and oxygen atoms in total. The number of benzene rings is 1. The Kier molecular flexibility index (Phi) is 8.24. The van der Waals surface area contributed by atoms with E-state index in [0.717, 1.165) is 73.3 Å². The zero-order chi connectivity index (χ0) is 31.1. The van der Waals surface area contributed by atoms with Gasteiger partial charge in [0.2, 0.25) is 5.91 Å². The summed E-state index contributed by atoms with van der Waals surface area (Å²) in [4.78, 5) is 42.8. The number of carboxylic acids is 1. The lowest BCUT2D eigenvalue weighted by Crippen LogP contribution is -2.42. The number of morpholine rings is 1. The molecule has 0 atom stereocenters. The number of carbonyl (C=O) groups excluding carboxylic acids is 1. The molecule has 1 amide bonds. The molecule has 45 heavy (non-hydrogen) atoms. The second-order valence-electron chi connectivity index (χ2n) is 11.8. The van der Waals surface area contributed by atoms with Gasteiger partial charge < -0.3 is 19.3 Å². The van der Waals surface area contributed by atoms with Crippen LogP contribution >= 0.6 is 22.7 Å². The summed E-state index contributed by atoms with van der Waals surface area (Å²) < 4.78 is 7.59. The Balaban J connectivity index is 1.38. The number of thiazole rings is 2. The molecule has 1 aliphatic carbocycles. The molecule has 5 heterocycles. The first-order valence-electron chi connectivity index (χ1n) is 15.5. The molecule has 0 unspecified atom stereocenters. The highest BCUT2D eigenvalue weighted by molar-refractivity contribution is 7.16. The largest absolute Gasteiger partial charge is 0.477 e. The monoisotopic (exact) mass is 641 g/mol. The third kappa shape index (κ3) is 5.92. The molecule has 232 valence electrons. The molecule has 1 aliphatic heterocycles. The number of ether oxygens (including phenoxy) is 1. The molecule has 1 saturated heterocycles. The lowest BCUT2D eigenvalue weighted by atomic mass is 9.83. The maximum atomic E-state index is 13.8. The number of hydrogen-bond donors (Lipinski definition) is 1. The number of nitrogens with zero attached hydrogens (tertiary/aromatic N) is 5. The van der Waals surface area contributed by atoms with Crippen molar-refractivity contribution < 1.29 is 19.4 Å². The molecule has 11 heteroatoms. The second kappa shape index (κ2) is 12.5. The van der Waals surface area contributed by atoms with E-state index in [1.54, 1.807) is 11.3 Å². The average Bonchev–Trinajstić information content (AvgIpc) is 3.78. The van der Waals surface area contributed by atoms with Gasteiger partial charge in [-0.3, -0.25) is 4.79 Å². The maximum Gasteiger partial charge on any atom is 0.347 e. The van der Waals surface area contributed by atoms with Gasteiger partial charge in [0.1, 0.15) is 16.4 Å². The van der Waals surface area contributed by atoms with Crippen LogP contribution in [0.15, 0.2) is 42.6 Å². The van der Waals surface area contributed by atoms with Gasteiger partial charge in [-0.2, -0.15) is 0 Å². The summed E-state index contributed by atoms with van der Waals surface area (Å²) in [5.41, 5.74) is 6.81. The Morgan fingerprint density at radius 1 is 1.00 bits per heavy atom. The minimum atomic E-state index is -1.00. The molecule has 1 aromatic carbocycles. The minimum Gasteiger partial charge on any atom is -0.477 e. The molecule has 4 aromatic heterocycles. The molecular weight excluding hydrogens is 607 g/mol. The van der Waals surface area contributed by atoms with Crippen LogP contribution in [-0.2, 0) is 16.1 Å². The van der Waals surface area contributed by atoms with Crippen LogP contribution in [0.1, 0.15) is 64.0 Å². The summed E-state index contributed by atoms with van der Waals surface area (Å²) in [6.07, 6.45) is 7.13. The SMILES string of the molecule is Cc1nc(C)c(-c2ccc3cc(-c4c(C5CCCCC5)cc(-c5ncc(C(=O)O)s5)n4CC(=O)N4CCOCC4)ccc3n2)s1. The zero-order valence-electron chi connectivity index (χ0n) is 25.4. The number of aryl methyl sites for hydroxylation is 2. The molecule has 0 bridgehead atoms. The van der Waals surface area contributed by atoms with Crippen molar-refractivity contribution in [1.82, 2.24) is 24.4 Å². The number of hydrogen-bond acceptors (Lipinski definition) is 8. The predicted octanol–water partition coefficient (Wildman–Crippen LogP) is 7.17. The molecule has 0 spiro atoms. The Hall–Kier alpha value is -3.93. The van der Waals surface area contributed by atoms with E-state index in [4.69, 9.17) is 9.72 Å². The zero-order valence-corrected chi connectivity index (χ0v) is 27.0. The van der Waals surface area contributed by atoms with Crippen molar-refractivity contribution in [2.75, 3.05) is 26.3 Å². The van der Waals surface area contributed by atoms with E-state index in [9.17, 15) is 14.7 Å². The molecule has 2 aliphatic rings. The molecule has 5 aromatic rings. The van der Waals surface area contributed by atoms with E-state index in [0.29, 0.717) is 37.2 Å². The van der Waals surface area contributed by atoms with Gasteiger partial charge in [0.15, 0.2) is 0 Å². The first-order chi connectivity index (χ1) is 21.9. The average molecular weight is 642 g/mol. The Morgan fingerprint density at radius 3 is 2.51 bits per heavy atom. The highest BCUT2D eigenvalue weighted by atomic mass is 32.1. The van der Waals surface area contributed by atoms with Gasteiger partial charge in [0.25, 0.3) is 0 Å². The molecular formula is C34H35N5O4S2. The van der Waals surface area contributed by atoms with E-state index >= 15 is 0 Å². The quantitative estimate of drug-likeness (QED) is 0.201. The summed E-state index contributed by atoms with van der Waals surface area (Å²) in [7, 11) is 0. The van der Waals surface area contributed by atoms with Gasteiger partial charge in [0, 0.05) is 18.5 Å². The molecule has 1 saturated carbocycles. The van der Waals surface area contributed by atoms with Crippen molar-refractivity contribution in [2.45, 2.75) is 58.4 Å². The molecule has 1 N–H and O–H groups in total. The van der Waals surface area contributed by atoms with Crippen LogP contribution in [0.5, 0.6) is 0 Å². The number of aromatic nitrogens is 4. The number of fused-ring (bicyclic) bond motifs is 1. The van der Waals surface area contributed by atoms with Gasteiger partial charge in [-0.1, -0.05) is 31.4 Å². The van der Waals surface area contributed by atoms with E-state index in [2.05, 4.69) is 50.9 Å². The number of pyridine rings is 1. The Labute approximate surface area is 269 Å². The number of carbonyl (C=O) groups is 2. The molecule has 0 radical (unpaired) electrons. The van der Waals surface area contributed by atoms with Crippen molar-refractivity contribution in [2.24, 2.45) is 0 Å². The molecule has 2 fully saturated rings. The first kappa shape index (κ1) is 29.8. The highest BCUT2D eigenvalue weighted by Crippen LogP contribution is 2.44. The number of aromatic carboxylic acids is 1. The van der Waals surface area contributed by atoms with Gasteiger partial charge in [-0.05, 0) is 68.0 Å². The number of amides is 1. The van der Waals surface area contributed by atoms with E-state index in [-0.39, 0.29) is 17.3 Å². The predicted molar refractivity (Wildman–Crippen MR) is 177 cm³/mol. The first-order valence-corrected chi connectivity index (χ1v) is 17.1. The van der Waals surface area contributed by atoms with Crippen molar-refractivity contribution in [3.8, 4) is 32.5 Å². The van der Waals surface area contributed by atoms with Crippen molar-refractivity contribution in [3.05, 3.63) is 63.7 Å². The summed E-state index contributed by atoms with van der Waals surface area (Å²) in [6, 6.07) is 12.7. The van der Waals surface area contributed by atoms with Gasteiger partial charge in [-0.25, -0.2) is 19.7 Å². The van der Waals surface area contributed by atoms with Crippen LogP contribution in [0.2, 0.25) is 0 Å². The summed E-state index contributed by atoms with van der Waals surface area (Å²) in [5.74, 6) is -0.636. The smallest absolute Gasteiger partial charge is 0.347 e. The fraction of sp³-hybridized carbons (Fsp3) is 0.382. The Bertz CT molecular complexity index is 1900. The van der Waals surface area contributed by atoms with Crippen molar-refractivity contribution >= 4 is 45.5 Å². The van der Waals surface area contributed by atoms with Crippen LogP contribution in [0.4, 0.5) is 0 Å². The van der Waals surface area contributed by atoms with Crippen LogP contribution in [0, 0.1) is 13.8 Å². The fourth-order valence-corrected chi connectivity index (χ4v) is 8.34. The lowest BCUT2D eigenvalue weighted by Gasteiger charge is -2.28. The highest BCUT2D eigenvalue weighted by Gasteiger charge is 2.29. The third-order valence-corrected chi connectivity index (χ3v) is 11.0. The van der Waals surface area contributed by atoms with Gasteiger partial charge in [-0.15, -0.1) is 22.7 Å². The van der Waals surface area contributed by atoms with Gasteiger partial charge >= 0.3 is 5.97 Å². The second-order valence-corrected chi connectivity index (χ2v) is 14.1. The van der Waals surface area contributed by atoms with E-state index < -0.39 is 5.97 Å². The fourth-order valence-electron chi connectivity index (χ4n) is 6.67. The normalized spacial score (nSPS) is 16.0. The van der Waals surface area contributed by atoms with E-state index in [1.165, 1.54) is 31.0 Å². The lowest BCUT2D eigenvalue weighted by molar-refractivity contribution is -0.135. The van der Waals surface area contributed by atoms with Crippen LogP contribution in [0.3, 0.4) is 0 Å². The number of carboxylic acid groups (broad SMARTS) is 1. The molecule has 7 rings (SSSR count). The summed E-state index contributed by atoms with van der Waals surface area (Å²) >= 11 is 2.80. The maximum absolute atomic E-state index is 13.8. The van der Waals surface area contributed by atoms with E-state index in [1.807, 2.05) is 18.7 Å². The van der Waals surface area contributed by atoms with Crippen molar-refractivity contribution in [3.63, 3.8) is 0 Å². The van der Waals surface area contributed by atoms with Crippen LogP contribution in [0.25, 0.3) is 43.4 Å². The third-order valence-electron chi connectivity index (χ3n) is 8.86. The number of rotatable bonds is 7. The van der Waals surface area contributed by atoms with Gasteiger partial charge in [0.05, 0.1) is 57.6 Å². The summed E-state index contributed by atoms with van der Waals surface area (Å²) in [5, 5.41) is 12.3. The Morgan fingerprint density at radius 2 is 1.80 bits per heavy atom. The van der Waals surface area contributed by atoms with Crippen LogP contribution in [-0.4, -0.2) is 67.7 Å². The topological polar surface area (TPSA) is 110 Å². The van der Waals surface area contributed by atoms with Crippen molar-refractivity contribution in [1.29, 1.82) is 0 Å². The summed E-state index contributed by atoms with van der Waals surface area (Å²) in [6.45, 7) is 6.34. The standard InChI is InChI=1S/C34H35N5O4S2/c1-20-32(44-21(2)36-20)27-11-8-23-16-24(9-10-26(23)37-27)31-25(22-6-4-3-5-7-22)17-28(33-35-18-29(45-33)34(41)42)39(31)19-30(40)38-12-14-43-15-13-38/h8-11,16-18,22H,3-7,12-15,19H2,1-2H3,(H,41,42). The minimum absolute atomic E-state index is 0.0175. The van der Waals surface area contributed by atoms with Crippen LogP contribution < -0.4 is 0 Å².